The molecule has 0 amide bonds. The summed E-state index contributed by atoms with van der Waals surface area (Å²) in [5.41, 5.74) is 5.64. The van der Waals surface area contributed by atoms with Crippen LogP contribution >= 0.6 is 23.2 Å². The molecule has 1 fully saturated rings. The number of nitrogen functional groups attached to an aromatic ring is 1. The quantitative estimate of drug-likeness (QED) is 0.842. The van der Waals surface area contributed by atoms with Crippen molar-refractivity contribution in [3.8, 4) is 6.07 Å². The van der Waals surface area contributed by atoms with Gasteiger partial charge in [0.2, 0.25) is 0 Å². The average Bonchev–Trinajstić information content (AvgIpc) is 2.34. The lowest BCUT2D eigenvalue weighted by Crippen LogP contribution is -2.42. The Morgan fingerprint density at radius 1 is 1.53 bits per heavy atom. The number of rotatable bonds is 1. The van der Waals surface area contributed by atoms with Crippen molar-refractivity contribution >= 4 is 34.8 Å². The van der Waals surface area contributed by atoms with Crippen LogP contribution in [0.4, 0.5) is 11.6 Å². The molecule has 2 rings (SSSR count). The molecule has 0 aromatic carbocycles. The summed E-state index contributed by atoms with van der Waals surface area (Å²) in [6.45, 7) is 1.50. The van der Waals surface area contributed by atoms with Crippen LogP contribution in [0.1, 0.15) is 0 Å². The van der Waals surface area contributed by atoms with E-state index < -0.39 is 6.10 Å². The number of ether oxygens (including phenoxy) is 1. The number of nitriles is 1. The zero-order valence-electron chi connectivity index (χ0n) is 8.86. The van der Waals surface area contributed by atoms with Crippen LogP contribution in [0.5, 0.6) is 0 Å². The van der Waals surface area contributed by atoms with Crippen molar-refractivity contribution in [3.05, 3.63) is 16.1 Å². The lowest BCUT2D eigenvalue weighted by atomic mass is 10.3. The van der Waals surface area contributed by atoms with E-state index in [0.29, 0.717) is 35.6 Å². The minimum absolute atomic E-state index is 0.228. The van der Waals surface area contributed by atoms with E-state index in [1.807, 2.05) is 4.90 Å². The van der Waals surface area contributed by atoms with Crippen LogP contribution in [0.25, 0.3) is 0 Å². The fourth-order valence-corrected chi connectivity index (χ4v) is 2.09. The summed E-state index contributed by atoms with van der Waals surface area (Å²) in [5, 5.41) is 9.57. The minimum Gasteiger partial charge on any atom is -0.382 e. The molecule has 1 saturated heterocycles. The molecule has 0 aliphatic carbocycles. The maximum absolute atomic E-state index is 8.82. The van der Waals surface area contributed by atoms with Gasteiger partial charge in [0.15, 0.2) is 6.10 Å². The number of nitrogens with two attached hydrogens (primary N) is 1. The van der Waals surface area contributed by atoms with Crippen molar-refractivity contribution in [1.29, 1.82) is 5.26 Å². The Morgan fingerprint density at radius 3 is 3.00 bits per heavy atom. The van der Waals surface area contributed by atoms with Gasteiger partial charge in [0.25, 0.3) is 0 Å². The van der Waals surface area contributed by atoms with Gasteiger partial charge in [-0.15, -0.1) is 0 Å². The highest BCUT2D eigenvalue weighted by atomic mass is 35.5. The van der Waals surface area contributed by atoms with Gasteiger partial charge in [-0.05, 0) is 6.07 Å². The number of morpholine rings is 1. The Hall–Kier alpha value is -1.22. The monoisotopic (exact) mass is 272 g/mol. The molecule has 1 aliphatic rings. The first kappa shape index (κ1) is 12.2. The molecule has 90 valence electrons. The van der Waals surface area contributed by atoms with Gasteiger partial charge in [0.1, 0.15) is 11.6 Å². The number of hydrogen-bond acceptors (Lipinski definition) is 5. The Balaban J connectivity index is 2.28. The normalized spacial score (nSPS) is 20.1. The summed E-state index contributed by atoms with van der Waals surface area (Å²) in [6, 6.07) is 3.61. The number of nitrogens with zero attached hydrogens (tertiary/aromatic N) is 3. The van der Waals surface area contributed by atoms with Crippen molar-refractivity contribution in [2.45, 2.75) is 6.10 Å². The van der Waals surface area contributed by atoms with E-state index in [4.69, 9.17) is 38.9 Å². The third-order valence-electron chi connectivity index (χ3n) is 2.45. The molecule has 0 bridgehead atoms. The summed E-state index contributed by atoms with van der Waals surface area (Å²) in [4.78, 5) is 6.01. The van der Waals surface area contributed by atoms with Crippen molar-refractivity contribution in [2.24, 2.45) is 0 Å². The third kappa shape index (κ3) is 2.55. The van der Waals surface area contributed by atoms with E-state index in [1.54, 1.807) is 6.07 Å². The highest BCUT2D eigenvalue weighted by Gasteiger charge is 2.23. The van der Waals surface area contributed by atoms with E-state index in [0.717, 1.165) is 0 Å². The zero-order valence-corrected chi connectivity index (χ0v) is 10.4. The first-order valence-electron chi connectivity index (χ1n) is 4.99. The summed E-state index contributed by atoms with van der Waals surface area (Å²) in [5.74, 6) is 0.767. The second-order valence-corrected chi connectivity index (χ2v) is 4.41. The summed E-state index contributed by atoms with van der Waals surface area (Å²) >= 11 is 11.9. The fourth-order valence-electron chi connectivity index (χ4n) is 1.61. The molecule has 0 radical (unpaired) electrons. The lowest BCUT2D eigenvalue weighted by molar-refractivity contribution is 0.0762. The molecule has 2 N–H and O–H groups in total. The largest absolute Gasteiger partial charge is 0.382 e. The fraction of sp³-hybridized carbons (Fsp3) is 0.400. The topological polar surface area (TPSA) is 75.2 Å². The molecular formula is C10H10Cl2N4O. The zero-order chi connectivity index (χ0) is 12.4. The molecule has 1 aromatic rings. The van der Waals surface area contributed by atoms with Gasteiger partial charge in [-0.25, -0.2) is 4.98 Å². The molecule has 1 unspecified atom stereocenters. The molecule has 1 aromatic heterocycles. The molecule has 0 spiro atoms. The smallest absolute Gasteiger partial charge is 0.161 e. The van der Waals surface area contributed by atoms with Crippen molar-refractivity contribution in [2.75, 3.05) is 30.3 Å². The van der Waals surface area contributed by atoms with Crippen LogP contribution < -0.4 is 10.6 Å². The first-order valence-corrected chi connectivity index (χ1v) is 5.75. The number of aromatic nitrogens is 1. The predicted molar refractivity (Wildman–Crippen MR) is 66.2 cm³/mol. The van der Waals surface area contributed by atoms with Gasteiger partial charge < -0.3 is 15.4 Å². The van der Waals surface area contributed by atoms with E-state index >= 15 is 0 Å². The van der Waals surface area contributed by atoms with Gasteiger partial charge in [0.05, 0.1) is 29.3 Å². The Bertz CT molecular complexity index is 474. The Kier molecular flexibility index (Phi) is 3.57. The maximum atomic E-state index is 8.82. The molecule has 17 heavy (non-hydrogen) atoms. The third-order valence-corrected chi connectivity index (χ3v) is 3.03. The summed E-state index contributed by atoms with van der Waals surface area (Å²) in [6.07, 6.45) is -0.474. The first-order chi connectivity index (χ1) is 8.11. The van der Waals surface area contributed by atoms with Crippen LogP contribution in [0.15, 0.2) is 6.07 Å². The number of halogens is 2. The maximum Gasteiger partial charge on any atom is 0.161 e. The van der Waals surface area contributed by atoms with Gasteiger partial charge in [-0.1, -0.05) is 23.2 Å². The van der Waals surface area contributed by atoms with Crippen molar-refractivity contribution in [1.82, 2.24) is 4.98 Å². The molecule has 7 heteroatoms. The van der Waals surface area contributed by atoms with Gasteiger partial charge >= 0.3 is 0 Å². The van der Waals surface area contributed by atoms with E-state index in [-0.39, 0.29) is 5.82 Å². The second-order valence-electron chi connectivity index (χ2n) is 3.60. The van der Waals surface area contributed by atoms with Crippen LogP contribution in [-0.2, 0) is 4.74 Å². The van der Waals surface area contributed by atoms with Crippen molar-refractivity contribution < 1.29 is 4.74 Å². The van der Waals surface area contributed by atoms with Gasteiger partial charge in [-0.3, -0.25) is 0 Å². The van der Waals surface area contributed by atoms with Crippen LogP contribution in [-0.4, -0.2) is 30.8 Å². The summed E-state index contributed by atoms with van der Waals surface area (Å²) in [7, 11) is 0. The van der Waals surface area contributed by atoms with E-state index in [9.17, 15) is 0 Å². The van der Waals surface area contributed by atoms with Crippen LogP contribution in [0, 0.1) is 11.3 Å². The Labute approximate surface area is 109 Å². The van der Waals surface area contributed by atoms with Crippen LogP contribution in [0.3, 0.4) is 0 Å². The molecule has 1 atom stereocenters. The Morgan fingerprint density at radius 2 is 2.29 bits per heavy atom. The number of hydrogen-bond donors (Lipinski definition) is 1. The number of pyridine rings is 1. The highest BCUT2D eigenvalue weighted by Crippen LogP contribution is 2.30. The average molecular weight is 273 g/mol. The van der Waals surface area contributed by atoms with E-state index in [2.05, 4.69) is 11.1 Å². The second kappa shape index (κ2) is 4.96. The molecule has 1 aliphatic heterocycles. The standard InChI is InChI=1S/C10H10Cl2N4O/c11-7-3-8(12)10(15-9(7)14)16-1-2-17-6(4-13)5-16/h3,6H,1-2,5H2,(H2,14,15). The molecule has 0 saturated carbocycles. The van der Waals surface area contributed by atoms with Gasteiger partial charge in [-0.2, -0.15) is 5.26 Å². The predicted octanol–water partition coefficient (Wildman–Crippen LogP) is 1.70. The van der Waals surface area contributed by atoms with Gasteiger partial charge in [0, 0.05) is 6.54 Å². The van der Waals surface area contributed by atoms with Crippen LogP contribution in [0.2, 0.25) is 10.0 Å². The van der Waals surface area contributed by atoms with Crippen molar-refractivity contribution in [3.63, 3.8) is 0 Å². The molecule has 2 heterocycles. The minimum atomic E-state index is -0.474. The number of anilines is 2. The summed E-state index contributed by atoms with van der Waals surface area (Å²) < 4.78 is 5.24. The lowest BCUT2D eigenvalue weighted by Gasteiger charge is -2.31. The SMILES string of the molecule is N#CC1CN(c2nc(N)c(Cl)cc2Cl)CCO1. The molecule has 5 nitrogen and oxygen atoms in total. The highest BCUT2D eigenvalue weighted by molar-refractivity contribution is 6.37. The van der Waals surface area contributed by atoms with E-state index in [1.165, 1.54) is 0 Å². The molecular weight excluding hydrogens is 263 g/mol.